The molecule has 2 aromatic rings. The molecule has 104 valence electrons. The van der Waals surface area contributed by atoms with Crippen molar-refractivity contribution in [3.63, 3.8) is 0 Å². The lowest BCUT2D eigenvalue weighted by molar-refractivity contribution is 0.106. The van der Waals surface area contributed by atoms with Gasteiger partial charge in [0.05, 0.1) is 10.7 Å². The first-order chi connectivity index (χ1) is 10.1. The normalized spacial score (nSPS) is 10.8. The van der Waals surface area contributed by atoms with Gasteiger partial charge < -0.3 is 0 Å². The van der Waals surface area contributed by atoms with E-state index < -0.39 is 5.78 Å². The van der Waals surface area contributed by atoms with Gasteiger partial charge in [-0.3, -0.25) is 10.2 Å². The second kappa shape index (κ2) is 6.69. The fourth-order valence-corrected chi connectivity index (χ4v) is 1.81. The number of Topliss-reactive ketones (excluding diaryl/α,β-unsaturated/α-hetero) is 1. The minimum Gasteiger partial charge on any atom is -0.286 e. The molecule has 0 fully saturated rings. The number of hydrogen-bond donors (Lipinski definition) is 1. The van der Waals surface area contributed by atoms with E-state index in [1.165, 1.54) is 0 Å². The first-order valence-electron chi connectivity index (χ1n) is 6.21. The molecule has 0 aliphatic carbocycles. The molecule has 0 radical (unpaired) electrons. The highest BCUT2D eigenvalue weighted by Crippen LogP contribution is 2.20. The third-order valence-electron chi connectivity index (χ3n) is 2.80. The van der Waals surface area contributed by atoms with Crippen molar-refractivity contribution in [1.29, 1.82) is 5.26 Å². The number of carbonyl (C=O) groups excluding carboxylic acids is 1. The van der Waals surface area contributed by atoms with E-state index in [0.29, 0.717) is 16.3 Å². The minimum absolute atomic E-state index is 0.223. The van der Waals surface area contributed by atoms with Gasteiger partial charge in [0.15, 0.2) is 0 Å². The number of ketones is 1. The molecular formula is C16H12ClN3O. The Labute approximate surface area is 127 Å². The quantitative estimate of drug-likeness (QED) is 0.530. The topological polar surface area (TPSA) is 65.2 Å². The fourth-order valence-electron chi connectivity index (χ4n) is 1.64. The Morgan fingerprint density at radius 2 is 1.86 bits per heavy atom. The Morgan fingerprint density at radius 1 is 1.19 bits per heavy atom. The van der Waals surface area contributed by atoms with Crippen LogP contribution in [0.25, 0.3) is 0 Å². The van der Waals surface area contributed by atoms with Crippen LogP contribution in [0.5, 0.6) is 0 Å². The molecule has 2 rings (SSSR count). The number of para-hydroxylation sites is 1. The summed E-state index contributed by atoms with van der Waals surface area (Å²) >= 11 is 5.97. The van der Waals surface area contributed by atoms with Gasteiger partial charge in [0.2, 0.25) is 11.5 Å². The molecule has 0 saturated carbocycles. The third kappa shape index (κ3) is 3.68. The van der Waals surface area contributed by atoms with Gasteiger partial charge in [-0.2, -0.15) is 10.4 Å². The maximum absolute atomic E-state index is 12.2. The molecule has 4 nitrogen and oxygen atoms in total. The molecule has 0 aliphatic rings. The molecule has 0 unspecified atom stereocenters. The largest absolute Gasteiger partial charge is 0.286 e. The molecule has 0 heterocycles. The molecule has 0 bridgehead atoms. The third-order valence-corrected chi connectivity index (χ3v) is 3.13. The van der Waals surface area contributed by atoms with Crippen molar-refractivity contribution in [2.75, 3.05) is 5.43 Å². The molecule has 21 heavy (non-hydrogen) atoms. The number of aryl methyl sites for hydroxylation is 1. The number of rotatable bonds is 4. The molecular weight excluding hydrogens is 286 g/mol. The van der Waals surface area contributed by atoms with Crippen LogP contribution >= 0.6 is 11.6 Å². The van der Waals surface area contributed by atoms with Crippen LogP contribution in [0, 0.1) is 18.3 Å². The maximum atomic E-state index is 12.2. The second-order valence-corrected chi connectivity index (χ2v) is 4.77. The van der Waals surface area contributed by atoms with Crippen molar-refractivity contribution in [3.05, 3.63) is 64.7 Å². The average Bonchev–Trinajstić information content (AvgIpc) is 2.50. The zero-order valence-corrected chi connectivity index (χ0v) is 12.1. The van der Waals surface area contributed by atoms with E-state index in [9.17, 15) is 4.79 Å². The Bertz CT molecular complexity index is 730. The van der Waals surface area contributed by atoms with Gasteiger partial charge in [-0.25, -0.2) is 0 Å². The standard InChI is InChI=1S/C16H12ClN3O/c1-11-6-8-12(9-7-11)16(21)15(10-18)20-19-14-5-3-2-4-13(14)17/h2-9,19H,1H3. The SMILES string of the molecule is Cc1ccc(C(=O)C(C#N)=NNc2ccccc2Cl)cc1. The summed E-state index contributed by atoms with van der Waals surface area (Å²) in [5.74, 6) is -0.433. The number of nitriles is 1. The molecule has 0 aliphatic heterocycles. The Kier molecular flexibility index (Phi) is 4.70. The summed E-state index contributed by atoms with van der Waals surface area (Å²) in [6.07, 6.45) is 0. The highest BCUT2D eigenvalue weighted by atomic mass is 35.5. The molecule has 0 amide bonds. The van der Waals surface area contributed by atoms with Crippen molar-refractivity contribution in [1.82, 2.24) is 0 Å². The van der Waals surface area contributed by atoms with Crippen molar-refractivity contribution in [3.8, 4) is 6.07 Å². The van der Waals surface area contributed by atoms with Gasteiger partial charge in [-0.05, 0) is 19.1 Å². The smallest absolute Gasteiger partial charge is 0.223 e. The lowest BCUT2D eigenvalue weighted by atomic mass is 10.1. The number of nitrogens with one attached hydrogen (secondary N) is 1. The molecule has 2 aromatic carbocycles. The monoisotopic (exact) mass is 297 g/mol. The molecule has 1 N–H and O–H groups in total. The first-order valence-corrected chi connectivity index (χ1v) is 6.59. The van der Waals surface area contributed by atoms with Crippen molar-refractivity contribution in [2.24, 2.45) is 5.10 Å². The average molecular weight is 298 g/mol. The summed E-state index contributed by atoms with van der Waals surface area (Å²) in [6, 6.07) is 15.7. The molecule has 0 aromatic heterocycles. The van der Waals surface area contributed by atoms with Crippen molar-refractivity contribution >= 4 is 28.8 Å². The van der Waals surface area contributed by atoms with Gasteiger partial charge in [0.1, 0.15) is 6.07 Å². The molecule has 0 spiro atoms. The zero-order chi connectivity index (χ0) is 15.2. The van der Waals surface area contributed by atoms with E-state index >= 15 is 0 Å². The van der Waals surface area contributed by atoms with Gasteiger partial charge in [0, 0.05) is 5.56 Å². The number of hydrazone groups is 1. The Morgan fingerprint density at radius 3 is 2.48 bits per heavy atom. The summed E-state index contributed by atoms with van der Waals surface area (Å²) in [7, 11) is 0. The summed E-state index contributed by atoms with van der Waals surface area (Å²) in [4.78, 5) is 12.2. The van der Waals surface area contributed by atoms with Crippen LogP contribution in [0.15, 0.2) is 53.6 Å². The number of nitrogens with zero attached hydrogens (tertiary/aromatic N) is 2. The van der Waals surface area contributed by atoms with E-state index in [4.69, 9.17) is 16.9 Å². The molecule has 5 heteroatoms. The lowest BCUT2D eigenvalue weighted by Gasteiger charge is -2.03. The highest BCUT2D eigenvalue weighted by molar-refractivity contribution is 6.51. The van der Waals surface area contributed by atoms with Crippen LogP contribution < -0.4 is 5.43 Å². The van der Waals surface area contributed by atoms with E-state index in [-0.39, 0.29) is 5.71 Å². The van der Waals surface area contributed by atoms with Gasteiger partial charge >= 0.3 is 0 Å². The fraction of sp³-hybridized carbons (Fsp3) is 0.0625. The summed E-state index contributed by atoms with van der Waals surface area (Å²) in [5.41, 5.74) is 4.40. The van der Waals surface area contributed by atoms with Gasteiger partial charge in [-0.15, -0.1) is 0 Å². The number of anilines is 1. The van der Waals surface area contributed by atoms with Crippen LogP contribution in [-0.4, -0.2) is 11.5 Å². The number of halogens is 1. The maximum Gasteiger partial charge on any atom is 0.223 e. The summed E-state index contributed by atoms with van der Waals surface area (Å²) in [5, 5.41) is 13.4. The van der Waals surface area contributed by atoms with Crippen LogP contribution in [0.3, 0.4) is 0 Å². The summed E-state index contributed by atoms with van der Waals surface area (Å²) in [6.45, 7) is 1.92. The molecule has 0 saturated heterocycles. The van der Waals surface area contributed by atoms with Crippen LogP contribution in [-0.2, 0) is 0 Å². The van der Waals surface area contributed by atoms with Crippen LogP contribution in [0.2, 0.25) is 5.02 Å². The van der Waals surface area contributed by atoms with Gasteiger partial charge in [-0.1, -0.05) is 53.6 Å². The van der Waals surface area contributed by atoms with Gasteiger partial charge in [0.25, 0.3) is 0 Å². The first kappa shape index (κ1) is 14.8. The van der Waals surface area contributed by atoms with E-state index in [0.717, 1.165) is 5.56 Å². The van der Waals surface area contributed by atoms with E-state index in [1.54, 1.807) is 42.5 Å². The number of carbonyl (C=O) groups is 1. The van der Waals surface area contributed by atoms with Crippen LogP contribution in [0.1, 0.15) is 15.9 Å². The minimum atomic E-state index is -0.433. The Hall–Kier alpha value is -2.64. The number of benzene rings is 2. The zero-order valence-electron chi connectivity index (χ0n) is 11.3. The highest BCUT2D eigenvalue weighted by Gasteiger charge is 2.13. The predicted molar refractivity (Wildman–Crippen MR) is 83.6 cm³/mol. The van der Waals surface area contributed by atoms with E-state index in [2.05, 4.69) is 10.5 Å². The van der Waals surface area contributed by atoms with Crippen molar-refractivity contribution < 1.29 is 4.79 Å². The second-order valence-electron chi connectivity index (χ2n) is 4.36. The number of hydrogen-bond acceptors (Lipinski definition) is 4. The lowest BCUT2D eigenvalue weighted by Crippen LogP contribution is -2.14. The summed E-state index contributed by atoms with van der Waals surface area (Å²) < 4.78 is 0. The Balaban J connectivity index is 2.21. The van der Waals surface area contributed by atoms with Crippen molar-refractivity contribution in [2.45, 2.75) is 6.92 Å². The van der Waals surface area contributed by atoms with Crippen LogP contribution in [0.4, 0.5) is 5.69 Å². The predicted octanol–water partition coefficient (Wildman–Crippen LogP) is 3.82. The van der Waals surface area contributed by atoms with E-state index in [1.807, 2.05) is 19.1 Å². The molecule has 0 atom stereocenters.